The zero-order chi connectivity index (χ0) is 64.1. The van der Waals surface area contributed by atoms with Crippen LogP contribution >= 0.6 is 15.9 Å². The van der Waals surface area contributed by atoms with Gasteiger partial charge in [-0.3, -0.25) is 23.7 Å². The summed E-state index contributed by atoms with van der Waals surface area (Å²) in [7, 11) is 1.74. The van der Waals surface area contributed by atoms with E-state index in [1.807, 2.05) is 6.07 Å². The molecule has 9 aliphatic rings. The van der Waals surface area contributed by atoms with Crippen LogP contribution in [0.4, 0.5) is 66.8 Å². The van der Waals surface area contributed by atoms with Crippen LogP contribution in [0.2, 0.25) is 0 Å². The summed E-state index contributed by atoms with van der Waals surface area (Å²) in [5, 5.41) is 24.9. The van der Waals surface area contributed by atoms with Gasteiger partial charge in [0.15, 0.2) is 17.5 Å². The highest BCUT2D eigenvalue weighted by Gasteiger charge is 2.60. The molecule has 4 amide bonds. The molecule has 23 heteroatoms. The van der Waals surface area contributed by atoms with E-state index >= 15 is 0 Å². The van der Waals surface area contributed by atoms with Crippen molar-refractivity contribution in [2.75, 3.05) is 16.0 Å². The van der Waals surface area contributed by atoms with Crippen LogP contribution in [0.15, 0.2) is 114 Å². The molecule has 0 bridgehead atoms. The number of nitrogens with one attached hydrogen (secondary N) is 3. The number of benzene rings is 6. The Morgan fingerprint density at radius 1 is 0.539 bits per heavy atom. The number of halogens is 11. The van der Waals surface area contributed by atoms with Gasteiger partial charge in [0.2, 0.25) is 29.4 Å². The third kappa shape index (κ3) is 11.7. The summed E-state index contributed by atoms with van der Waals surface area (Å²) in [6, 6.07) is 29.2. The van der Waals surface area contributed by atoms with Gasteiger partial charge in [-0.15, -0.1) is 0 Å². The van der Waals surface area contributed by atoms with Crippen molar-refractivity contribution in [2.45, 2.75) is 104 Å². The topological polar surface area (TPSA) is 187 Å². The van der Waals surface area contributed by atoms with Gasteiger partial charge in [-0.2, -0.15) is 10.5 Å². The SMILES string of the molecule is Fc1cccc(F)c1F.N#CC1(c2c(F)cccc2F)CC1.N#CC1CC1.NC(=O)C1(c2c(F)cccc2F)CC1.O=C1Nc2ccc(Br)c(F)c2C12CC2.O=C1Nc2cccc(F)c2C12CC2.[C-]#[N+]c1ccc(-c2ccc3c(c2F)C2(CC2)C(=O)N3)n1C. The zero-order valence-electron chi connectivity index (χ0n) is 47.1. The van der Waals surface area contributed by atoms with E-state index in [0.29, 0.717) is 99.7 Å². The number of nitrogens with two attached hydrogens (primary N) is 1. The maximum absolute atomic E-state index is 15.0. The van der Waals surface area contributed by atoms with Crippen molar-refractivity contribution in [1.82, 2.24) is 4.57 Å². The molecule has 0 atom stereocenters. The summed E-state index contributed by atoms with van der Waals surface area (Å²) in [5.41, 5.74) is 5.83. The van der Waals surface area contributed by atoms with Crippen LogP contribution in [0.3, 0.4) is 0 Å². The fourth-order valence-corrected chi connectivity index (χ4v) is 11.6. The van der Waals surface area contributed by atoms with E-state index in [9.17, 15) is 63.1 Å². The Hall–Kier alpha value is -9.27. The van der Waals surface area contributed by atoms with Crippen LogP contribution in [0.1, 0.15) is 105 Å². The Bertz CT molecular complexity index is 4140. The van der Waals surface area contributed by atoms with Crippen LogP contribution in [-0.2, 0) is 53.3 Å². The third-order valence-corrected chi connectivity index (χ3v) is 17.8. The minimum Gasteiger partial charge on any atom is -0.369 e. The van der Waals surface area contributed by atoms with Crippen molar-refractivity contribution < 1.29 is 63.1 Å². The third-order valence-electron chi connectivity index (χ3n) is 17.2. The maximum Gasteiger partial charge on any atom is 0.235 e. The minimum absolute atomic E-state index is 0.0346. The maximum atomic E-state index is 15.0. The lowest BCUT2D eigenvalue weighted by Gasteiger charge is -2.12. The van der Waals surface area contributed by atoms with Crippen LogP contribution in [0.5, 0.6) is 0 Å². The number of aromatic nitrogens is 1. The second-order valence-corrected chi connectivity index (χ2v) is 23.8. The highest BCUT2D eigenvalue weighted by atomic mass is 79.9. The Kier molecular flexibility index (Phi) is 16.9. The molecule has 3 aliphatic heterocycles. The lowest BCUT2D eigenvalue weighted by atomic mass is 9.94. The molecular formula is C66H51BrF10N8O4. The number of carbonyl (C=O) groups is 4. The van der Waals surface area contributed by atoms with Crippen LogP contribution in [-0.4, -0.2) is 28.2 Å². The molecule has 4 heterocycles. The highest BCUT2D eigenvalue weighted by Crippen LogP contribution is 2.59. The fourth-order valence-electron chi connectivity index (χ4n) is 11.2. The molecule has 3 spiro atoms. The normalized spacial score (nSPS) is 18.1. The molecule has 456 valence electrons. The Balaban J connectivity index is 0.000000118. The van der Waals surface area contributed by atoms with Crippen molar-refractivity contribution >= 4 is 62.4 Å². The number of hydrogen-bond donors (Lipinski definition) is 4. The van der Waals surface area contributed by atoms with Gasteiger partial charge in [-0.05, 0) is 178 Å². The predicted molar refractivity (Wildman–Crippen MR) is 310 cm³/mol. The van der Waals surface area contributed by atoms with E-state index in [1.165, 1.54) is 30.3 Å². The summed E-state index contributed by atoms with van der Waals surface area (Å²) in [6.45, 7) is 7.09. The summed E-state index contributed by atoms with van der Waals surface area (Å²) in [5.74, 6) is -7.17. The molecule has 6 aliphatic carbocycles. The van der Waals surface area contributed by atoms with Crippen LogP contribution in [0, 0.1) is 93.3 Å². The number of hydrogen-bond acceptors (Lipinski definition) is 6. The summed E-state index contributed by atoms with van der Waals surface area (Å²) >= 11 is 3.13. The predicted octanol–water partition coefficient (Wildman–Crippen LogP) is 14.8. The van der Waals surface area contributed by atoms with E-state index in [-0.39, 0.29) is 46.3 Å². The first-order valence-corrected chi connectivity index (χ1v) is 28.9. The molecule has 7 aromatic rings. The second-order valence-electron chi connectivity index (χ2n) is 22.9. The number of carbonyl (C=O) groups excluding carboxylic acids is 4. The lowest BCUT2D eigenvalue weighted by molar-refractivity contribution is -0.120. The monoisotopic (exact) mass is 1290 g/mol. The Morgan fingerprint density at radius 3 is 1.34 bits per heavy atom. The van der Waals surface area contributed by atoms with Gasteiger partial charge in [-0.25, -0.2) is 43.9 Å². The molecule has 0 radical (unpaired) electrons. The molecule has 16 rings (SSSR count). The minimum atomic E-state index is -1.42. The molecule has 12 nitrogen and oxygen atoms in total. The van der Waals surface area contributed by atoms with Gasteiger partial charge >= 0.3 is 0 Å². The smallest absolute Gasteiger partial charge is 0.235 e. The van der Waals surface area contributed by atoms with Crippen LogP contribution < -0.4 is 21.7 Å². The average Bonchev–Trinajstić information content (AvgIpc) is 1.59. The summed E-state index contributed by atoms with van der Waals surface area (Å²) in [4.78, 5) is 49.6. The zero-order valence-corrected chi connectivity index (χ0v) is 48.7. The van der Waals surface area contributed by atoms with Gasteiger partial charge in [-0.1, -0.05) is 30.8 Å². The van der Waals surface area contributed by atoms with Crippen molar-refractivity contribution in [3.05, 3.63) is 211 Å². The number of primary amides is 1. The first kappa shape index (κ1) is 62.8. The lowest BCUT2D eigenvalue weighted by Crippen LogP contribution is -2.30. The number of nitrogens with zero attached hydrogens (tertiary/aromatic N) is 4. The molecule has 6 aromatic carbocycles. The van der Waals surface area contributed by atoms with Gasteiger partial charge < -0.3 is 26.5 Å². The summed E-state index contributed by atoms with van der Waals surface area (Å²) < 4.78 is 133. The molecule has 6 saturated carbocycles. The number of anilines is 3. The quantitative estimate of drug-likeness (QED) is 0.0771. The van der Waals surface area contributed by atoms with Crippen molar-refractivity contribution in [2.24, 2.45) is 18.7 Å². The molecule has 0 unspecified atom stereocenters. The van der Waals surface area contributed by atoms with E-state index in [4.69, 9.17) is 22.8 Å². The average molecular weight is 1290 g/mol. The first-order valence-electron chi connectivity index (χ1n) is 28.1. The second kappa shape index (κ2) is 24.0. The van der Waals surface area contributed by atoms with Gasteiger partial charge in [0, 0.05) is 50.8 Å². The first-order chi connectivity index (χ1) is 42.4. The van der Waals surface area contributed by atoms with Crippen LogP contribution in [0.25, 0.3) is 16.1 Å². The van der Waals surface area contributed by atoms with E-state index in [1.54, 1.807) is 60.1 Å². The van der Waals surface area contributed by atoms with Crippen molar-refractivity contribution in [3.63, 3.8) is 0 Å². The molecular weight excluding hydrogens is 1240 g/mol. The molecule has 89 heavy (non-hydrogen) atoms. The fraction of sp³-hybridized carbons (Fsp3) is 0.288. The van der Waals surface area contributed by atoms with Crippen molar-refractivity contribution in [1.29, 1.82) is 10.5 Å². The number of nitriles is 2. The summed E-state index contributed by atoms with van der Waals surface area (Å²) in [6.07, 6.45) is 8.77. The van der Waals surface area contributed by atoms with E-state index in [0.717, 1.165) is 68.9 Å². The molecule has 0 saturated heterocycles. The molecule has 1 aromatic heterocycles. The van der Waals surface area contributed by atoms with Gasteiger partial charge in [0.1, 0.15) is 46.4 Å². The molecule has 5 N–H and O–H groups in total. The highest BCUT2D eigenvalue weighted by molar-refractivity contribution is 9.10. The van der Waals surface area contributed by atoms with E-state index < -0.39 is 73.7 Å². The molecule has 6 fully saturated rings. The number of fused-ring (bicyclic) bond motifs is 6. The number of rotatable bonds is 4. The van der Waals surface area contributed by atoms with Gasteiger partial charge in [0.05, 0.1) is 56.3 Å². The van der Waals surface area contributed by atoms with E-state index in [2.05, 4.69) is 42.8 Å². The standard InChI is InChI=1S/C16H12FN3O.C10H7BrFNO.C10H9F2NO.C10H7F2N.C10H8FNO.C6H3F3.C4H5N/c1-18-12-6-5-11(20(12)2)9-3-4-10-13(14(9)17)16(7-8-16)15(21)19-10;11-5-1-2-6-7(8(5)12)10(3-4-10)9(14)13-6;11-6-2-1-3-7(12)8(6)10(4-5-10)9(13)14;11-7-2-1-3-8(12)9(7)10(6-13)4-5-10;11-6-2-1-3-7-8(6)10(4-5-10)9(13)12-7;7-4-2-1-3-5(8)6(4)9;5-3-4-1-2-4/h3-6H,7-8H2,2H3,(H,19,21);1-2H,3-4H2,(H,13,14);1-3H,4-5H2,(H2,13,14);1-3H,4-5H2;1-3H,4-5H2,(H,12,13);1-3H;4H,1-2H2. The Labute approximate surface area is 511 Å². The number of amides is 4. The van der Waals surface area contributed by atoms with Crippen molar-refractivity contribution in [3.8, 4) is 23.4 Å². The Morgan fingerprint density at radius 2 is 0.955 bits per heavy atom. The van der Waals surface area contributed by atoms with Gasteiger partial charge in [0.25, 0.3) is 0 Å². The largest absolute Gasteiger partial charge is 0.369 e.